The molecule has 0 N–H and O–H groups in total. The number of hydrogen-bond acceptors (Lipinski definition) is 6. The Morgan fingerprint density at radius 2 is 0.623 bits per heavy atom. The summed E-state index contributed by atoms with van der Waals surface area (Å²) in [4.78, 5) is 0. The Bertz CT molecular complexity index is 2070. The molecule has 7 aromatic carbocycles. The maximum absolute atomic E-state index is 6.63. The van der Waals surface area contributed by atoms with E-state index in [1.165, 1.54) is 0 Å². The van der Waals surface area contributed by atoms with Crippen molar-refractivity contribution in [3.8, 4) is 46.0 Å². The molecule has 0 atom stereocenters. The summed E-state index contributed by atoms with van der Waals surface area (Å²) in [5.41, 5.74) is 4.82. The maximum atomic E-state index is 6.63. The van der Waals surface area contributed by atoms with Crippen LogP contribution in [-0.4, -0.2) is 0 Å². The van der Waals surface area contributed by atoms with Crippen molar-refractivity contribution in [2.45, 2.75) is 33.4 Å². The minimum Gasteiger partial charge on any atom is -0.489 e. The lowest BCUT2D eigenvalue weighted by molar-refractivity contribution is 0.298. The van der Waals surface area contributed by atoms with Crippen LogP contribution in [0.3, 0.4) is 0 Å². The zero-order valence-electron chi connectivity index (χ0n) is 29.5. The number of rotatable bonds is 16. The summed E-state index contributed by atoms with van der Waals surface area (Å²) in [7, 11) is 0. The molecule has 7 rings (SSSR count). The van der Waals surface area contributed by atoms with Gasteiger partial charge in [-0.1, -0.05) is 78.9 Å². The lowest BCUT2D eigenvalue weighted by Crippen LogP contribution is -2.02. The highest BCUT2D eigenvalue weighted by Gasteiger charge is 2.13. The fourth-order valence-corrected chi connectivity index (χ4v) is 5.68. The van der Waals surface area contributed by atoms with Crippen LogP contribution in [0.1, 0.15) is 27.8 Å². The fourth-order valence-electron chi connectivity index (χ4n) is 5.68. The monoisotopic (exact) mass is 700 g/mol. The maximum Gasteiger partial charge on any atom is 0.170 e. The van der Waals surface area contributed by atoms with Crippen molar-refractivity contribution in [3.05, 3.63) is 204 Å². The normalized spacial score (nSPS) is 10.7. The van der Waals surface area contributed by atoms with Crippen LogP contribution in [0.25, 0.3) is 0 Å². The molecule has 53 heavy (non-hydrogen) atoms. The van der Waals surface area contributed by atoms with Gasteiger partial charge in [0.15, 0.2) is 11.5 Å². The van der Waals surface area contributed by atoms with E-state index in [9.17, 15) is 0 Å². The minimum absolute atomic E-state index is 0.363. The van der Waals surface area contributed by atoms with Crippen LogP contribution in [0.15, 0.2) is 176 Å². The van der Waals surface area contributed by atoms with Crippen molar-refractivity contribution in [2.24, 2.45) is 0 Å². The molecule has 6 heteroatoms. The van der Waals surface area contributed by atoms with E-state index in [1.54, 1.807) is 0 Å². The van der Waals surface area contributed by atoms with Crippen molar-refractivity contribution in [2.75, 3.05) is 0 Å². The number of hydrogen-bond donors (Lipinski definition) is 0. The number of benzene rings is 7. The molecule has 6 nitrogen and oxygen atoms in total. The quantitative estimate of drug-likeness (QED) is 0.100. The van der Waals surface area contributed by atoms with Gasteiger partial charge in [-0.25, -0.2) is 0 Å². The summed E-state index contributed by atoms with van der Waals surface area (Å²) in [5, 5.41) is 0. The third-order valence-electron chi connectivity index (χ3n) is 8.20. The average molecular weight is 701 g/mol. The SMILES string of the molecule is Cc1ccc(Oc2cc(COc3ccccc3)cc(COc3ccccc3)c2)c(Oc2cc(COc3ccccc3)cc(COc3ccccc3)c2)c1. The fraction of sp³-hybridized carbons (Fsp3) is 0.106. The van der Waals surface area contributed by atoms with E-state index >= 15 is 0 Å². The van der Waals surface area contributed by atoms with Crippen molar-refractivity contribution in [1.82, 2.24) is 0 Å². The van der Waals surface area contributed by atoms with Crippen molar-refractivity contribution >= 4 is 0 Å². The van der Waals surface area contributed by atoms with Crippen molar-refractivity contribution in [1.29, 1.82) is 0 Å². The van der Waals surface area contributed by atoms with E-state index in [0.717, 1.165) is 50.8 Å². The summed E-state index contributed by atoms with van der Waals surface area (Å²) in [6.45, 7) is 3.48. The van der Waals surface area contributed by atoms with Crippen molar-refractivity contribution in [3.63, 3.8) is 0 Å². The molecule has 0 amide bonds. The molecule has 0 saturated heterocycles. The van der Waals surface area contributed by atoms with Gasteiger partial charge in [0.25, 0.3) is 0 Å². The molecule has 0 aliphatic heterocycles. The Kier molecular flexibility index (Phi) is 11.5. The Morgan fingerprint density at radius 1 is 0.302 bits per heavy atom. The van der Waals surface area contributed by atoms with Crippen LogP contribution in [0.2, 0.25) is 0 Å². The Morgan fingerprint density at radius 3 is 0.962 bits per heavy atom. The molecule has 0 aromatic heterocycles. The van der Waals surface area contributed by atoms with Gasteiger partial charge in [-0.05, 0) is 132 Å². The molecule has 0 saturated carbocycles. The first kappa shape index (κ1) is 34.8. The Hall–Kier alpha value is -6.66. The number of aryl methyl sites for hydroxylation is 1. The van der Waals surface area contributed by atoms with Gasteiger partial charge in [-0.15, -0.1) is 0 Å². The molecule has 0 bridgehead atoms. The van der Waals surface area contributed by atoms with Gasteiger partial charge in [-0.2, -0.15) is 0 Å². The van der Waals surface area contributed by atoms with E-state index in [0.29, 0.717) is 49.4 Å². The van der Waals surface area contributed by atoms with Gasteiger partial charge in [0, 0.05) is 0 Å². The topological polar surface area (TPSA) is 55.4 Å². The molecule has 0 fully saturated rings. The van der Waals surface area contributed by atoms with Gasteiger partial charge in [-0.3, -0.25) is 0 Å². The van der Waals surface area contributed by atoms with Gasteiger partial charge < -0.3 is 28.4 Å². The van der Waals surface area contributed by atoms with E-state index in [-0.39, 0.29) is 0 Å². The summed E-state index contributed by atoms with van der Waals surface area (Å²) in [6, 6.07) is 57.1. The molecule has 7 aromatic rings. The van der Waals surface area contributed by atoms with E-state index in [1.807, 2.05) is 171 Å². The standard InChI is InChI=1S/C47H40O6/c1-35-22-23-46(52-44-27-36(31-48-40-14-6-2-7-15-40)25-37(28-44)32-49-41-16-8-3-9-17-41)47(24-35)53-45-29-38(33-50-42-18-10-4-11-19-42)26-39(30-45)34-51-43-20-12-5-13-21-43/h2-30H,31-34H2,1H3. The largest absolute Gasteiger partial charge is 0.489 e. The smallest absolute Gasteiger partial charge is 0.170 e. The zero-order chi connectivity index (χ0) is 36.1. The molecule has 0 radical (unpaired) electrons. The first-order chi connectivity index (χ1) is 26.1. The second kappa shape index (κ2) is 17.5. The summed E-state index contributed by atoms with van der Waals surface area (Å²) >= 11 is 0. The summed E-state index contributed by atoms with van der Waals surface area (Å²) in [6.07, 6.45) is 0. The highest BCUT2D eigenvalue weighted by Crippen LogP contribution is 2.37. The van der Waals surface area contributed by atoms with Gasteiger partial charge in [0.2, 0.25) is 0 Å². The summed E-state index contributed by atoms with van der Waals surface area (Å²) in [5.74, 6) is 5.60. The number of ether oxygens (including phenoxy) is 6. The van der Waals surface area contributed by atoms with Gasteiger partial charge in [0.1, 0.15) is 60.9 Å². The lowest BCUT2D eigenvalue weighted by Gasteiger charge is -2.17. The molecule has 0 heterocycles. The van der Waals surface area contributed by atoms with Crippen LogP contribution in [0.4, 0.5) is 0 Å². The molecule has 0 aliphatic rings. The van der Waals surface area contributed by atoms with E-state index in [4.69, 9.17) is 28.4 Å². The van der Waals surface area contributed by atoms with E-state index in [2.05, 4.69) is 12.1 Å². The van der Waals surface area contributed by atoms with Crippen LogP contribution in [0.5, 0.6) is 46.0 Å². The first-order valence-corrected chi connectivity index (χ1v) is 17.5. The number of para-hydroxylation sites is 4. The van der Waals surface area contributed by atoms with E-state index < -0.39 is 0 Å². The predicted octanol–water partition coefficient (Wildman–Crippen LogP) is 11.9. The van der Waals surface area contributed by atoms with Gasteiger partial charge in [0.05, 0.1) is 0 Å². The van der Waals surface area contributed by atoms with Crippen LogP contribution in [0, 0.1) is 6.92 Å². The molecule has 264 valence electrons. The molecule has 0 aliphatic carbocycles. The average Bonchev–Trinajstić information content (AvgIpc) is 3.20. The predicted molar refractivity (Wildman–Crippen MR) is 207 cm³/mol. The first-order valence-electron chi connectivity index (χ1n) is 17.5. The molecular weight excluding hydrogens is 661 g/mol. The van der Waals surface area contributed by atoms with Crippen LogP contribution in [-0.2, 0) is 26.4 Å². The van der Waals surface area contributed by atoms with Crippen LogP contribution >= 0.6 is 0 Å². The third kappa shape index (κ3) is 10.4. The highest BCUT2D eigenvalue weighted by molar-refractivity contribution is 5.49. The third-order valence-corrected chi connectivity index (χ3v) is 8.20. The van der Waals surface area contributed by atoms with Gasteiger partial charge >= 0.3 is 0 Å². The van der Waals surface area contributed by atoms with Crippen molar-refractivity contribution < 1.29 is 28.4 Å². The minimum atomic E-state index is 0.363. The lowest BCUT2D eigenvalue weighted by atomic mass is 10.1. The Labute approximate surface area is 310 Å². The molecule has 0 spiro atoms. The Balaban J connectivity index is 1.15. The molecule has 0 unspecified atom stereocenters. The molecular formula is C47H40O6. The highest BCUT2D eigenvalue weighted by atomic mass is 16.5. The van der Waals surface area contributed by atoms with Crippen LogP contribution < -0.4 is 28.4 Å². The zero-order valence-corrected chi connectivity index (χ0v) is 29.5. The summed E-state index contributed by atoms with van der Waals surface area (Å²) < 4.78 is 37.7. The second-order valence-electron chi connectivity index (χ2n) is 12.5. The second-order valence-corrected chi connectivity index (χ2v) is 12.5.